The Bertz CT molecular complexity index is 415. The maximum atomic E-state index is 12.0. The molecule has 1 unspecified atom stereocenters. The zero-order valence-electron chi connectivity index (χ0n) is 13.1. The van der Waals surface area contributed by atoms with Crippen LogP contribution < -0.4 is 5.32 Å². The summed E-state index contributed by atoms with van der Waals surface area (Å²) in [6.07, 6.45) is 0.929. The van der Waals surface area contributed by atoms with Crippen LogP contribution in [0.25, 0.3) is 0 Å². The minimum absolute atomic E-state index is 0.0614. The highest BCUT2D eigenvalue weighted by atomic mass is 16.2. The minimum Gasteiger partial charge on any atom is -0.353 e. The first-order valence-corrected chi connectivity index (χ1v) is 6.99. The highest BCUT2D eigenvalue weighted by molar-refractivity contribution is 5.81. The van der Waals surface area contributed by atoms with Gasteiger partial charge in [0.25, 0.3) is 0 Å². The van der Waals surface area contributed by atoms with Gasteiger partial charge in [-0.3, -0.25) is 4.79 Å². The molecule has 1 rings (SSSR count). The molecule has 0 aromatic heterocycles. The quantitative estimate of drug-likeness (QED) is 0.875. The largest absolute Gasteiger partial charge is 0.353 e. The van der Waals surface area contributed by atoms with Crippen molar-refractivity contribution in [2.75, 3.05) is 0 Å². The Labute approximate surface area is 117 Å². The summed E-state index contributed by atoms with van der Waals surface area (Å²) < 4.78 is 0. The summed E-state index contributed by atoms with van der Waals surface area (Å²) in [5.74, 6) is 0.115. The van der Waals surface area contributed by atoms with E-state index in [1.54, 1.807) is 0 Å². The van der Waals surface area contributed by atoms with Gasteiger partial charge in [0.15, 0.2) is 0 Å². The zero-order valence-corrected chi connectivity index (χ0v) is 13.1. The average Bonchev–Trinajstić information content (AvgIpc) is 2.28. The summed E-state index contributed by atoms with van der Waals surface area (Å²) in [5.41, 5.74) is 1.05. The zero-order chi connectivity index (χ0) is 14.7. The summed E-state index contributed by atoms with van der Waals surface area (Å²) in [6.45, 7) is 12.4. The number of rotatable bonds is 4. The van der Waals surface area contributed by atoms with E-state index in [1.807, 2.05) is 26.8 Å². The molecule has 1 N–H and O–H groups in total. The van der Waals surface area contributed by atoms with Gasteiger partial charge >= 0.3 is 0 Å². The van der Waals surface area contributed by atoms with E-state index >= 15 is 0 Å². The SMILES string of the molecule is CC(CC(C)(C)c1ccccc1)NC(=O)C(C)(C)C. The van der Waals surface area contributed by atoms with Gasteiger partial charge in [0.2, 0.25) is 5.91 Å². The molecule has 0 radical (unpaired) electrons. The standard InChI is InChI=1S/C17H27NO/c1-13(18-15(19)16(2,3)4)12-17(5,6)14-10-8-7-9-11-14/h7-11,13H,12H2,1-6H3,(H,18,19). The predicted octanol–water partition coefficient (Wildman–Crippen LogP) is 3.91. The van der Waals surface area contributed by atoms with E-state index in [-0.39, 0.29) is 22.8 Å². The summed E-state index contributed by atoms with van der Waals surface area (Å²) >= 11 is 0. The number of carbonyl (C=O) groups excluding carboxylic acids is 1. The molecule has 0 saturated heterocycles. The number of carbonyl (C=O) groups is 1. The fraction of sp³-hybridized carbons (Fsp3) is 0.588. The van der Waals surface area contributed by atoms with Crippen LogP contribution in [0.4, 0.5) is 0 Å². The lowest BCUT2D eigenvalue weighted by Crippen LogP contribution is -2.42. The molecule has 0 aliphatic heterocycles. The highest BCUT2D eigenvalue weighted by Gasteiger charge is 2.27. The van der Waals surface area contributed by atoms with Crippen LogP contribution in [0.5, 0.6) is 0 Å². The number of amides is 1. The Kier molecular flexibility index (Phi) is 4.78. The van der Waals surface area contributed by atoms with E-state index in [0.29, 0.717) is 0 Å². The van der Waals surface area contributed by atoms with Crippen molar-refractivity contribution in [1.82, 2.24) is 5.32 Å². The van der Waals surface area contributed by atoms with Gasteiger partial charge in [-0.2, -0.15) is 0 Å². The Balaban J connectivity index is 2.66. The second-order valence-corrected chi connectivity index (χ2v) is 7.08. The van der Waals surface area contributed by atoms with Gasteiger partial charge in [-0.15, -0.1) is 0 Å². The first-order valence-electron chi connectivity index (χ1n) is 6.99. The normalized spacial score (nSPS) is 14.0. The van der Waals surface area contributed by atoms with Crippen LogP contribution in [0.2, 0.25) is 0 Å². The molecule has 2 nitrogen and oxygen atoms in total. The van der Waals surface area contributed by atoms with Gasteiger partial charge in [0, 0.05) is 11.5 Å². The van der Waals surface area contributed by atoms with E-state index in [0.717, 1.165) is 6.42 Å². The smallest absolute Gasteiger partial charge is 0.225 e. The van der Waals surface area contributed by atoms with E-state index < -0.39 is 0 Å². The maximum Gasteiger partial charge on any atom is 0.225 e. The second kappa shape index (κ2) is 5.77. The van der Waals surface area contributed by atoms with Crippen LogP contribution >= 0.6 is 0 Å². The number of hydrogen-bond donors (Lipinski definition) is 1. The van der Waals surface area contributed by atoms with Crippen LogP contribution in [0.15, 0.2) is 30.3 Å². The van der Waals surface area contributed by atoms with Gasteiger partial charge < -0.3 is 5.32 Å². The topological polar surface area (TPSA) is 29.1 Å². The van der Waals surface area contributed by atoms with Crippen molar-refractivity contribution in [3.63, 3.8) is 0 Å². The average molecular weight is 261 g/mol. The monoisotopic (exact) mass is 261 g/mol. The van der Waals surface area contributed by atoms with E-state index in [2.05, 4.69) is 50.4 Å². The van der Waals surface area contributed by atoms with E-state index in [4.69, 9.17) is 0 Å². The third kappa shape index (κ3) is 4.70. The Morgan fingerprint density at radius 2 is 1.63 bits per heavy atom. The molecule has 0 saturated carbocycles. The van der Waals surface area contributed by atoms with Crippen LogP contribution in [0, 0.1) is 5.41 Å². The Morgan fingerprint density at radius 3 is 2.11 bits per heavy atom. The maximum absolute atomic E-state index is 12.0. The molecule has 2 heteroatoms. The molecule has 1 atom stereocenters. The molecular weight excluding hydrogens is 234 g/mol. The van der Waals surface area contributed by atoms with Gasteiger partial charge in [-0.25, -0.2) is 0 Å². The predicted molar refractivity (Wildman–Crippen MR) is 81.1 cm³/mol. The second-order valence-electron chi connectivity index (χ2n) is 7.08. The molecule has 0 aliphatic rings. The molecule has 19 heavy (non-hydrogen) atoms. The molecule has 0 fully saturated rings. The van der Waals surface area contributed by atoms with Crippen molar-refractivity contribution in [3.8, 4) is 0 Å². The minimum atomic E-state index is -0.328. The first-order chi connectivity index (χ1) is 8.63. The van der Waals surface area contributed by atoms with Gasteiger partial charge in [0.05, 0.1) is 0 Å². The Hall–Kier alpha value is -1.31. The van der Waals surface area contributed by atoms with E-state index in [1.165, 1.54) is 5.56 Å². The van der Waals surface area contributed by atoms with Crippen molar-refractivity contribution in [1.29, 1.82) is 0 Å². The van der Waals surface area contributed by atoms with Crippen molar-refractivity contribution < 1.29 is 4.79 Å². The number of benzene rings is 1. The number of nitrogens with one attached hydrogen (secondary N) is 1. The highest BCUT2D eigenvalue weighted by Crippen LogP contribution is 2.28. The number of hydrogen-bond acceptors (Lipinski definition) is 1. The lowest BCUT2D eigenvalue weighted by Gasteiger charge is -2.30. The van der Waals surface area contributed by atoms with Crippen molar-refractivity contribution in [2.24, 2.45) is 5.41 Å². The van der Waals surface area contributed by atoms with Gasteiger partial charge in [-0.05, 0) is 24.3 Å². The van der Waals surface area contributed by atoms with Crippen LogP contribution in [0.1, 0.15) is 53.5 Å². The molecule has 106 valence electrons. The van der Waals surface area contributed by atoms with Gasteiger partial charge in [0.1, 0.15) is 0 Å². The summed E-state index contributed by atoms with van der Waals surface area (Å²) in [4.78, 5) is 12.0. The molecule has 0 heterocycles. The molecule has 1 amide bonds. The van der Waals surface area contributed by atoms with Crippen molar-refractivity contribution in [2.45, 2.75) is 59.4 Å². The third-order valence-electron chi connectivity index (χ3n) is 3.43. The summed E-state index contributed by atoms with van der Waals surface area (Å²) in [5, 5.41) is 3.11. The van der Waals surface area contributed by atoms with E-state index in [9.17, 15) is 4.79 Å². The summed E-state index contributed by atoms with van der Waals surface area (Å²) in [7, 11) is 0. The Morgan fingerprint density at radius 1 is 1.11 bits per heavy atom. The van der Waals surface area contributed by atoms with Crippen molar-refractivity contribution in [3.05, 3.63) is 35.9 Å². The fourth-order valence-corrected chi connectivity index (χ4v) is 2.26. The fourth-order valence-electron chi connectivity index (χ4n) is 2.26. The molecular formula is C17H27NO. The van der Waals surface area contributed by atoms with Crippen LogP contribution in [-0.4, -0.2) is 11.9 Å². The molecule has 0 bridgehead atoms. The lowest BCUT2D eigenvalue weighted by atomic mass is 9.79. The molecule has 1 aromatic rings. The summed E-state index contributed by atoms with van der Waals surface area (Å²) in [6, 6.07) is 10.6. The first kappa shape index (κ1) is 15.7. The van der Waals surface area contributed by atoms with Gasteiger partial charge in [-0.1, -0.05) is 65.0 Å². The van der Waals surface area contributed by atoms with Crippen LogP contribution in [-0.2, 0) is 10.2 Å². The van der Waals surface area contributed by atoms with Crippen LogP contribution in [0.3, 0.4) is 0 Å². The molecule has 0 aliphatic carbocycles. The third-order valence-corrected chi connectivity index (χ3v) is 3.43. The molecule has 1 aromatic carbocycles. The van der Waals surface area contributed by atoms with Crippen molar-refractivity contribution >= 4 is 5.91 Å². The molecule has 0 spiro atoms. The lowest BCUT2D eigenvalue weighted by molar-refractivity contribution is -0.129.